The summed E-state index contributed by atoms with van der Waals surface area (Å²) in [5.41, 5.74) is -1.23. The highest BCUT2D eigenvalue weighted by Crippen LogP contribution is 2.63. The molecule has 8 rings (SSSR count). The number of hydrogen-bond donors (Lipinski definition) is 1. The third-order valence-electron chi connectivity index (χ3n) is 18.9. The Hall–Kier alpha value is -3.40. The first-order valence-corrected chi connectivity index (χ1v) is 29.4. The van der Waals surface area contributed by atoms with Gasteiger partial charge in [-0.3, -0.25) is 19.2 Å². The van der Waals surface area contributed by atoms with Crippen molar-refractivity contribution in [1.82, 2.24) is 14.8 Å². The molecule has 1 aromatic carbocycles. The van der Waals surface area contributed by atoms with Gasteiger partial charge >= 0.3 is 17.9 Å². The van der Waals surface area contributed by atoms with Gasteiger partial charge in [0.25, 0.3) is 0 Å². The Balaban J connectivity index is 0.819. The lowest BCUT2D eigenvalue weighted by Crippen LogP contribution is -2.60. The number of benzene rings is 1. The molecule has 15 heteroatoms. The van der Waals surface area contributed by atoms with Gasteiger partial charge in [-0.15, -0.1) is 18.3 Å². The minimum atomic E-state index is -0.721. The highest BCUT2D eigenvalue weighted by atomic mass is 32.2. The molecule has 1 N–H and O–H groups in total. The van der Waals surface area contributed by atoms with Crippen LogP contribution >= 0.6 is 23.5 Å². The lowest BCUT2D eigenvalue weighted by molar-refractivity contribution is -0.198. The number of aromatic nitrogens is 1. The van der Waals surface area contributed by atoms with Crippen molar-refractivity contribution in [2.45, 2.75) is 191 Å². The lowest BCUT2D eigenvalue weighted by Gasteiger charge is -2.58. The van der Waals surface area contributed by atoms with Crippen molar-refractivity contribution in [2.24, 2.45) is 34.0 Å². The monoisotopic (exact) mass is 1030 g/mol. The number of esters is 3. The van der Waals surface area contributed by atoms with E-state index in [1.54, 1.807) is 17.8 Å². The van der Waals surface area contributed by atoms with Gasteiger partial charge in [0.15, 0.2) is 0 Å². The number of pyridine rings is 1. The van der Waals surface area contributed by atoms with Gasteiger partial charge in [0.1, 0.15) is 29.4 Å². The second-order valence-electron chi connectivity index (χ2n) is 23.1. The molecule has 0 spiro atoms. The van der Waals surface area contributed by atoms with E-state index in [1.165, 1.54) is 30.7 Å². The normalized spacial score (nSPS) is 32.8. The van der Waals surface area contributed by atoms with Crippen molar-refractivity contribution in [3.05, 3.63) is 46.4 Å². The van der Waals surface area contributed by atoms with E-state index in [9.17, 15) is 24.0 Å². The van der Waals surface area contributed by atoms with Crippen molar-refractivity contribution in [3.8, 4) is 0 Å². The van der Waals surface area contributed by atoms with Crippen LogP contribution in [0.15, 0.2) is 34.6 Å². The molecule has 2 aromatic rings. The molecule has 2 saturated carbocycles. The van der Waals surface area contributed by atoms with E-state index in [-0.39, 0.29) is 70.6 Å². The summed E-state index contributed by atoms with van der Waals surface area (Å²) >= 11 is 3.18. The van der Waals surface area contributed by atoms with Crippen LogP contribution < -0.4 is 15.6 Å². The third-order valence-corrected chi connectivity index (χ3v) is 21.4. The first kappa shape index (κ1) is 54.8. The van der Waals surface area contributed by atoms with Gasteiger partial charge in [-0.2, -0.15) is 0 Å². The first-order chi connectivity index (χ1) is 34.4. The Bertz CT molecular complexity index is 2400. The molecule has 1 aromatic heterocycles. The Kier molecular flexibility index (Phi) is 17.4. The van der Waals surface area contributed by atoms with Crippen LogP contribution in [0.25, 0.3) is 10.9 Å². The summed E-state index contributed by atoms with van der Waals surface area (Å²) < 4.78 is 36.3. The molecule has 72 heavy (non-hydrogen) atoms. The summed E-state index contributed by atoms with van der Waals surface area (Å²) in [5, 5.41) is 4.48. The second kappa shape index (κ2) is 22.8. The summed E-state index contributed by atoms with van der Waals surface area (Å²) in [6.45, 7) is 22.4. The van der Waals surface area contributed by atoms with E-state index in [1.807, 2.05) is 22.5 Å². The molecular formula is C57H83FN4O8S2. The van der Waals surface area contributed by atoms with Crippen LogP contribution in [-0.4, -0.2) is 108 Å². The number of halogens is 1. The largest absolute Gasteiger partial charge is 0.462 e. The Morgan fingerprint density at radius 3 is 2.29 bits per heavy atom. The molecule has 6 aliphatic rings. The number of hydrogen-bond acceptors (Lipinski definition) is 13. The SMILES string of the molecule is C=C[C@@]1(C)C[C@H](OC(=O)CSC2CC3CCC(C2)N3C)[C@@](C)(C(C)CC)C2C(=O)CCC2(C)[C@H](C)[C@H]1OC(=O)CCCCCCCCCOC(=O)c1c2n(c3cc(N4CCNCC4)c(F)cc3c1=O)C(C)S2. The van der Waals surface area contributed by atoms with Crippen LogP contribution in [0, 0.1) is 39.8 Å². The lowest BCUT2D eigenvalue weighted by atomic mass is 9.48. The van der Waals surface area contributed by atoms with E-state index in [4.69, 9.17) is 14.2 Å². The third kappa shape index (κ3) is 10.7. The van der Waals surface area contributed by atoms with Gasteiger partial charge in [0.05, 0.1) is 34.0 Å². The molecule has 5 fully saturated rings. The fraction of sp³-hybridized carbons (Fsp3) is 0.737. The molecule has 398 valence electrons. The quantitative estimate of drug-likeness (QED) is 0.0584. The molecule has 12 nitrogen and oxygen atoms in total. The molecule has 11 atom stereocenters. The summed E-state index contributed by atoms with van der Waals surface area (Å²) in [7, 11) is 2.23. The maximum atomic E-state index is 15.4. The zero-order chi connectivity index (χ0) is 51.7. The summed E-state index contributed by atoms with van der Waals surface area (Å²) in [6, 6.07) is 4.21. The smallest absolute Gasteiger partial charge is 0.344 e. The van der Waals surface area contributed by atoms with Crippen molar-refractivity contribution in [1.29, 1.82) is 0 Å². The number of ketones is 1. The maximum Gasteiger partial charge on any atom is 0.344 e. The number of nitrogens with one attached hydrogen (secondary N) is 1. The molecule has 3 saturated heterocycles. The summed E-state index contributed by atoms with van der Waals surface area (Å²) in [4.78, 5) is 73.7. The molecular weight excluding hydrogens is 952 g/mol. The molecule has 2 bridgehead atoms. The summed E-state index contributed by atoms with van der Waals surface area (Å²) in [6.07, 6.45) is 14.0. The Morgan fingerprint density at radius 1 is 0.972 bits per heavy atom. The van der Waals surface area contributed by atoms with Gasteiger partial charge in [0, 0.05) is 84.4 Å². The van der Waals surface area contributed by atoms with Gasteiger partial charge in [-0.05, 0) is 88.8 Å². The molecule has 6 unspecified atom stereocenters. The van der Waals surface area contributed by atoms with E-state index >= 15 is 4.39 Å². The van der Waals surface area contributed by atoms with Crippen LogP contribution in [0.4, 0.5) is 10.1 Å². The Morgan fingerprint density at radius 2 is 1.64 bits per heavy atom. The molecule has 0 radical (unpaired) electrons. The number of anilines is 1. The fourth-order valence-electron chi connectivity index (χ4n) is 14.0. The number of unbranched alkanes of at least 4 members (excludes halogenated alkanes) is 6. The number of fused-ring (bicyclic) bond motifs is 6. The van der Waals surface area contributed by atoms with Crippen molar-refractivity contribution >= 4 is 63.8 Å². The highest BCUT2D eigenvalue weighted by molar-refractivity contribution is 8.00. The minimum absolute atomic E-state index is 0.00198. The molecule has 5 heterocycles. The van der Waals surface area contributed by atoms with Crippen LogP contribution in [0.1, 0.15) is 167 Å². The van der Waals surface area contributed by atoms with E-state index in [0.717, 1.165) is 64.5 Å². The van der Waals surface area contributed by atoms with Crippen LogP contribution in [0.5, 0.6) is 0 Å². The van der Waals surface area contributed by atoms with E-state index in [2.05, 4.69) is 65.4 Å². The number of ether oxygens (including phenoxy) is 3. The zero-order valence-corrected chi connectivity index (χ0v) is 46.1. The standard InChI is InChI=1S/C57H83FN4O8S2/c1-10-35(3)57(8)46(69-48(65)34-71-40-29-38-20-21-39(30-40)60(38)9)33-55(6,11-2)52(36(4)56(7)23-22-45(63)51(56)57)70-47(64)19-17-15-13-12-14-16-18-28-68-54(67)49-50(66)41-31-42(58)44(61-26-24-59-25-27-61)32-43(41)62-37(5)72-53(49)62/h11,31-32,35-40,46,51-52,59H,2,10,12-30,33-34H2,1,3-9H3/t35?,36-,37?,38?,39?,40?,46+,51?,52-,55+,56?,57-/m1/s1. The van der Waals surface area contributed by atoms with Gasteiger partial charge in [0.2, 0.25) is 5.43 Å². The van der Waals surface area contributed by atoms with Gasteiger partial charge in [-0.1, -0.05) is 97.9 Å². The number of thioether (sulfide) groups is 2. The fourth-order valence-corrected chi connectivity index (χ4v) is 16.3. The molecule has 0 amide bonds. The van der Waals surface area contributed by atoms with E-state index < -0.39 is 45.7 Å². The number of carbonyl (C=O) groups is 4. The zero-order valence-electron chi connectivity index (χ0n) is 44.5. The average Bonchev–Trinajstić information content (AvgIpc) is 3.76. The van der Waals surface area contributed by atoms with Crippen LogP contribution in [-0.2, 0) is 28.6 Å². The predicted octanol–water partition coefficient (Wildman–Crippen LogP) is 10.9. The van der Waals surface area contributed by atoms with Gasteiger partial charge in [-0.25, -0.2) is 9.18 Å². The maximum absolute atomic E-state index is 15.4. The minimum Gasteiger partial charge on any atom is -0.462 e. The van der Waals surface area contributed by atoms with Crippen molar-refractivity contribution in [3.63, 3.8) is 0 Å². The van der Waals surface area contributed by atoms with Crippen molar-refractivity contribution in [2.75, 3.05) is 50.5 Å². The van der Waals surface area contributed by atoms with Crippen LogP contribution in [0.2, 0.25) is 0 Å². The number of piperazine rings is 1. The number of nitrogens with zero attached hydrogens (tertiary/aromatic N) is 3. The average molecular weight is 1040 g/mol. The number of carbonyl (C=O) groups excluding carboxylic acids is 4. The number of Topliss-reactive ketones (excluding diaryl/α,β-unsaturated/α-hetero) is 1. The number of piperidine rings is 1. The number of rotatable bonds is 20. The van der Waals surface area contributed by atoms with Gasteiger partial charge < -0.3 is 33.9 Å². The first-order valence-electron chi connectivity index (χ1n) is 27.5. The van der Waals surface area contributed by atoms with E-state index in [0.29, 0.717) is 78.8 Å². The Labute approximate surface area is 436 Å². The van der Waals surface area contributed by atoms with Crippen LogP contribution in [0.3, 0.4) is 0 Å². The van der Waals surface area contributed by atoms with Crippen molar-refractivity contribution < 1.29 is 37.8 Å². The predicted molar refractivity (Wildman–Crippen MR) is 286 cm³/mol. The molecule has 2 aliphatic carbocycles. The molecule has 4 aliphatic heterocycles. The highest BCUT2D eigenvalue weighted by Gasteiger charge is 2.65. The summed E-state index contributed by atoms with van der Waals surface area (Å²) in [5.74, 6) is -1.53. The topological polar surface area (TPSA) is 136 Å². The second-order valence-corrected chi connectivity index (χ2v) is 25.7.